The summed E-state index contributed by atoms with van der Waals surface area (Å²) in [5.74, 6) is 2.98. The summed E-state index contributed by atoms with van der Waals surface area (Å²) in [6.45, 7) is 8.09. The summed E-state index contributed by atoms with van der Waals surface area (Å²) in [5, 5.41) is 6.96. The zero-order chi connectivity index (χ0) is 18.7. The molecule has 0 amide bonds. The summed E-state index contributed by atoms with van der Waals surface area (Å²) >= 11 is 0. The van der Waals surface area contributed by atoms with Gasteiger partial charge in [0.2, 0.25) is 0 Å². The highest BCUT2D eigenvalue weighted by atomic mass is 16.5. The minimum absolute atomic E-state index is 0.00220. The van der Waals surface area contributed by atoms with E-state index >= 15 is 0 Å². The van der Waals surface area contributed by atoms with Gasteiger partial charge in [0.15, 0.2) is 5.96 Å². The summed E-state index contributed by atoms with van der Waals surface area (Å²) in [6, 6.07) is 8.04. The molecule has 1 aromatic carbocycles. The molecule has 1 aromatic rings. The molecule has 3 rings (SSSR count). The predicted octanol–water partition coefficient (Wildman–Crippen LogP) is 2.44. The molecule has 1 aliphatic heterocycles. The van der Waals surface area contributed by atoms with Crippen molar-refractivity contribution in [3.63, 3.8) is 0 Å². The normalized spacial score (nSPS) is 27.9. The van der Waals surface area contributed by atoms with Gasteiger partial charge in [0.05, 0.1) is 19.8 Å². The number of hydrogen-bond acceptors (Lipinski definition) is 4. The van der Waals surface area contributed by atoms with Gasteiger partial charge in [0, 0.05) is 37.1 Å². The van der Waals surface area contributed by atoms with Crippen molar-refractivity contribution in [1.29, 1.82) is 0 Å². The smallest absolute Gasteiger partial charge is 0.191 e. The Morgan fingerprint density at radius 2 is 2.15 bits per heavy atom. The van der Waals surface area contributed by atoms with E-state index in [1.54, 1.807) is 14.2 Å². The number of nitrogens with one attached hydrogen (secondary N) is 2. The van der Waals surface area contributed by atoms with Crippen molar-refractivity contribution >= 4 is 5.96 Å². The van der Waals surface area contributed by atoms with Gasteiger partial charge in [-0.25, -0.2) is 0 Å². The Morgan fingerprint density at radius 1 is 1.38 bits per heavy atom. The van der Waals surface area contributed by atoms with Crippen LogP contribution >= 0.6 is 0 Å². The van der Waals surface area contributed by atoms with Crippen LogP contribution in [-0.2, 0) is 4.74 Å². The van der Waals surface area contributed by atoms with E-state index in [2.05, 4.69) is 29.5 Å². The van der Waals surface area contributed by atoms with Crippen molar-refractivity contribution in [2.45, 2.75) is 45.4 Å². The zero-order valence-electron chi connectivity index (χ0n) is 16.4. The van der Waals surface area contributed by atoms with E-state index in [1.807, 2.05) is 31.2 Å². The molecule has 4 atom stereocenters. The Balaban J connectivity index is 1.49. The van der Waals surface area contributed by atoms with E-state index < -0.39 is 0 Å². The van der Waals surface area contributed by atoms with E-state index in [9.17, 15) is 0 Å². The van der Waals surface area contributed by atoms with Gasteiger partial charge >= 0.3 is 0 Å². The molecule has 0 bridgehead atoms. The van der Waals surface area contributed by atoms with Crippen LogP contribution in [0.4, 0.5) is 0 Å². The van der Waals surface area contributed by atoms with Crippen LogP contribution in [0.15, 0.2) is 29.3 Å². The lowest BCUT2D eigenvalue weighted by Gasteiger charge is -2.54. The predicted molar refractivity (Wildman–Crippen MR) is 103 cm³/mol. The van der Waals surface area contributed by atoms with Crippen LogP contribution in [0.1, 0.15) is 27.2 Å². The number of ether oxygens (including phenoxy) is 3. The number of aliphatic imine (C=N–C) groups is 1. The fourth-order valence-electron chi connectivity index (χ4n) is 4.15. The lowest BCUT2D eigenvalue weighted by molar-refractivity contribution is -0.106. The number of guanidine groups is 1. The average Bonchev–Trinajstić information content (AvgIpc) is 3.09. The second-order valence-corrected chi connectivity index (χ2v) is 7.75. The third kappa shape index (κ3) is 3.75. The molecule has 1 heterocycles. The van der Waals surface area contributed by atoms with Crippen molar-refractivity contribution < 1.29 is 14.2 Å². The van der Waals surface area contributed by atoms with Crippen molar-refractivity contribution in [3.8, 4) is 11.5 Å². The second-order valence-electron chi connectivity index (χ2n) is 7.75. The summed E-state index contributed by atoms with van der Waals surface area (Å²) in [5.41, 5.74) is 0.126. The highest BCUT2D eigenvalue weighted by molar-refractivity contribution is 5.80. The first-order chi connectivity index (χ1) is 12.5. The van der Waals surface area contributed by atoms with Crippen molar-refractivity contribution in [3.05, 3.63) is 24.3 Å². The quantitative estimate of drug-likeness (QED) is 0.602. The van der Waals surface area contributed by atoms with E-state index in [1.165, 1.54) is 0 Å². The van der Waals surface area contributed by atoms with Crippen LogP contribution in [-0.4, -0.2) is 51.5 Å². The fourth-order valence-corrected chi connectivity index (χ4v) is 4.15. The van der Waals surface area contributed by atoms with Gasteiger partial charge in [0.25, 0.3) is 0 Å². The van der Waals surface area contributed by atoms with Crippen molar-refractivity contribution in [1.82, 2.24) is 10.6 Å². The Bertz CT molecular complexity index is 647. The number of methoxy groups -OCH3 is 1. The molecule has 2 fully saturated rings. The number of nitrogens with zero attached hydrogens (tertiary/aromatic N) is 1. The summed E-state index contributed by atoms with van der Waals surface area (Å²) in [7, 11) is 3.46. The molecular weight excluding hydrogens is 330 g/mol. The summed E-state index contributed by atoms with van der Waals surface area (Å²) in [4.78, 5) is 4.37. The minimum Gasteiger partial charge on any atom is -0.497 e. The van der Waals surface area contributed by atoms with Gasteiger partial charge in [-0.2, -0.15) is 0 Å². The molecular formula is C20H31N3O3. The molecule has 1 aliphatic carbocycles. The fraction of sp³-hybridized carbons (Fsp3) is 0.650. The molecule has 0 spiro atoms. The minimum atomic E-state index is -0.00220. The van der Waals surface area contributed by atoms with Crippen LogP contribution in [0, 0.1) is 11.3 Å². The first-order valence-electron chi connectivity index (χ1n) is 9.35. The lowest BCUT2D eigenvalue weighted by atomic mass is 9.57. The molecule has 1 saturated carbocycles. The van der Waals surface area contributed by atoms with Gasteiger partial charge < -0.3 is 24.8 Å². The Labute approximate surface area is 156 Å². The van der Waals surface area contributed by atoms with Crippen LogP contribution in [0.5, 0.6) is 11.5 Å². The molecule has 1 saturated heterocycles. The van der Waals surface area contributed by atoms with Crippen molar-refractivity contribution in [2.75, 3.05) is 27.3 Å². The van der Waals surface area contributed by atoms with Crippen LogP contribution in [0.2, 0.25) is 0 Å². The lowest BCUT2D eigenvalue weighted by Crippen LogP contribution is -2.68. The number of fused-ring (bicyclic) bond motifs is 1. The maximum Gasteiger partial charge on any atom is 0.191 e. The molecule has 2 N–H and O–H groups in total. The molecule has 144 valence electrons. The number of rotatable bonds is 6. The van der Waals surface area contributed by atoms with Crippen molar-refractivity contribution in [2.24, 2.45) is 16.3 Å². The van der Waals surface area contributed by atoms with Gasteiger partial charge in [0.1, 0.15) is 17.6 Å². The van der Waals surface area contributed by atoms with Crippen LogP contribution in [0.3, 0.4) is 0 Å². The summed E-state index contributed by atoms with van der Waals surface area (Å²) in [6.07, 6.45) is 1.49. The van der Waals surface area contributed by atoms with Gasteiger partial charge in [-0.15, -0.1) is 0 Å². The molecule has 6 heteroatoms. The van der Waals surface area contributed by atoms with Gasteiger partial charge in [-0.3, -0.25) is 4.99 Å². The highest BCUT2D eigenvalue weighted by Crippen LogP contribution is 2.52. The summed E-state index contributed by atoms with van der Waals surface area (Å²) < 4.78 is 17.1. The number of benzene rings is 1. The topological polar surface area (TPSA) is 64.1 Å². The third-order valence-electron chi connectivity index (χ3n) is 5.55. The highest BCUT2D eigenvalue weighted by Gasteiger charge is 2.59. The maximum absolute atomic E-state index is 5.96. The van der Waals surface area contributed by atoms with E-state index in [0.29, 0.717) is 24.6 Å². The van der Waals surface area contributed by atoms with Crippen LogP contribution in [0.25, 0.3) is 0 Å². The molecule has 0 radical (unpaired) electrons. The maximum atomic E-state index is 5.96. The SMILES string of the molecule is CN=C(NCC(C)Oc1cccc(OC)c1)NC1C2CCOC2C1(C)C. The molecule has 4 unspecified atom stereocenters. The second kappa shape index (κ2) is 7.74. The molecule has 2 aliphatic rings. The Hall–Kier alpha value is -1.95. The monoisotopic (exact) mass is 361 g/mol. The first kappa shape index (κ1) is 18.8. The average molecular weight is 361 g/mol. The first-order valence-corrected chi connectivity index (χ1v) is 9.35. The largest absolute Gasteiger partial charge is 0.497 e. The molecule has 6 nitrogen and oxygen atoms in total. The third-order valence-corrected chi connectivity index (χ3v) is 5.55. The van der Waals surface area contributed by atoms with Gasteiger partial charge in [-0.1, -0.05) is 19.9 Å². The Morgan fingerprint density at radius 3 is 2.88 bits per heavy atom. The van der Waals surface area contributed by atoms with Crippen LogP contribution < -0.4 is 20.1 Å². The standard InChI is InChI=1S/C20H31N3O3/c1-13(26-15-8-6-7-14(11-15)24-5)12-22-19(21-4)23-17-16-9-10-25-18(16)20(17,2)3/h6-8,11,13,16-18H,9-10,12H2,1-5H3,(H2,21,22,23). The Kier molecular flexibility index (Phi) is 5.61. The molecule has 26 heavy (non-hydrogen) atoms. The van der Waals surface area contributed by atoms with E-state index in [-0.39, 0.29) is 11.5 Å². The van der Waals surface area contributed by atoms with E-state index in [4.69, 9.17) is 14.2 Å². The van der Waals surface area contributed by atoms with E-state index in [0.717, 1.165) is 30.5 Å². The zero-order valence-corrected chi connectivity index (χ0v) is 16.4. The molecule has 0 aromatic heterocycles. The number of hydrogen-bond donors (Lipinski definition) is 2. The van der Waals surface area contributed by atoms with Gasteiger partial charge in [-0.05, 0) is 25.5 Å².